The summed E-state index contributed by atoms with van der Waals surface area (Å²) < 4.78 is 26.9. The molecule has 0 amide bonds. The smallest absolute Gasteiger partial charge is 0.257 e. The molecule has 2 N–H and O–H groups in total. The van der Waals surface area contributed by atoms with Crippen LogP contribution in [0.1, 0.15) is 19.3 Å². The summed E-state index contributed by atoms with van der Waals surface area (Å²) in [5, 5.41) is 6.32. The maximum atomic E-state index is 12.0. The van der Waals surface area contributed by atoms with Gasteiger partial charge in [0.05, 0.1) is 6.20 Å². The van der Waals surface area contributed by atoms with Gasteiger partial charge in [-0.25, -0.2) is 13.1 Å². The number of H-pyrrole nitrogens is 1. The van der Waals surface area contributed by atoms with E-state index in [1.54, 1.807) is 0 Å². The molecule has 2 saturated heterocycles. The maximum absolute atomic E-state index is 12.0. The summed E-state index contributed by atoms with van der Waals surface area (Å²) in [6.45, 7) is 2.10. The van der Waals surface area contributed by atoms with Crippen molar-refractivity contribution in [2.24, 2.45) is 0 Å². The molecule has 94 valence electrons. The Kier molecular flexibility index (Phi) is 2.68. The second-order valence-electron chi connectivity index (χ2n) is 4.68. The molecule has 2 fully saturated rings. The minimum absolute atomic E-state index is 0.0470. The summed E-state index contributed by atoms with van der Waals surface area (Å²) in [4.78, 5) is 2.38. The first-order valence-electron chi connectivity index (χ1n) is 5.92. The summed E-state index contributed by atoms with van der Waals surface area (Å²) in [5.41, 5.74) is 0. The number of hydrogen-bond donors (Lipinski definition) is 2. The van der Waals surface area contributed by atoms with Gasteiger partial charge in [-0.15, -0.1) is 0 Å². The van der Waals surface area contributed by atoms with Crippen molar-refractivity contribution in [3.05, 3.63) is 12.3 Å². The summed E-state index contributed by atoms with van der Waals surface area (Å²) in [7, 11) is -3.43. The Balaban J connectivity index is 1.75. The highest BCUT2D eigenvalue weighted by molar-refractivity contribution is 7.89. The Morgan fingerprint density at radius 3 is 3.06 bits per heavy atom. The van der Waals surface area contributed by atoms with Crippen LogP contribution in [0.5, 0.6) is 0 Å². The zero-order valence-corrected chi connectivity index (χ0v) is 10.3. The fraction of sp³-hybridized carbons (Fsp3) is 0.700. The number of nitrogens with zero attached hydrogens (tertiary/aromatic N) is 2. The van der Waals surface area contributed by atoms with Crippen LogP contribution < -0.4 is 4.72 Å². The molecule has 6 nitrogen and oxygen atoms in total. The standard InChI is InChI=1S/C10H16N4O2S/c15-17(16,10-3-5-11-12-10)13-8-4-7-14-6-1-2-9(8)14/h3,5,8-9,13H,1-2,4,6-7H2,(H,11,12). The number of aromatic nitrogens is 2. The van der Waals surface area contributed by atoms with Crippen LogP contribution in [-0.4, -0.2) is 48.7 Å². The number of sulfonamides is 1. The average Bonchev–Trinajstić information content (AvgIpc) is 2.93. The lowest BCUT2D eigenvalue weighted by Gasteiger charge is -2.20. The minimum atomic E-state index is -3.43. The van der Waals surface area contributed by atoms with Crippen LogP contribution >= 0.6 is 0 Å². The van der Waals surface area contributed by atoms with E-state index in [9.17, 15) is 8.42 Å². The molecule has 0 radical (unpaired) electrons. The van der Waals surface area contributed by atoms with Gasteiger partial charge >= 0.3 is 0 Å². The van der Waals surface area contributed by atoms with E-state index in [-0.39, 0.29) is 11.1 Å². The van der Waals surface area contributed by atoms with Gasteiger partial charge < -0.3 is 0 Å². The van der Waals surface area contributed by atoms with E-state index in [1.807, 2.05) is 0 Å². The summed E-state index contributed by atoms with van der Waals surface area (Å²) in [6, 6.07) is 1.91. The molecular weight excluding hydrogens is 240 g/mol. The van der Waals surface area contributed by atoms with Gasteiger partial charge in [0.1, 0.15) is 0 Å². The minimum Gasteiger partial charge on any atom is -0.299 e. The molecule has 2 aliphatic rings. The van der Waals surface area contributed by atoms with Gasteiger partial charge in [-0.1, -0.05) is 0 Å². The Morgan fingerprint density at radius 1 is 1.41 bits per heavy atom. The second kappa shape index (κ2) is 4.08. The molecule has 17 heavy (non-hydrogen) atoms. The van der Waals surface area contributed by atoms with Crippen molar-refractivity contribution in [1.82, 2.24) is 19.8 Å². The number of nitrogens with one attached hydrogen (secondary N) is 2. The highest BCUT2D eigenvalue weighted by Gasteiger charge is 2.39. The molecule has 0 aliphatic carbocycles. The largest absolute Gasteiger partial charge is 0.299 e. The van der Waals surface area contributed by atoms with E-state index in [2.05, 4.69) is 19.8 Å². The third-order valence-electron chi connectivity index (χ3n) is 3.68. The first-order valence-corrected chi connectivity index (χ1v) is 7.41. The van der Waals surface area contributed by atoms with E-state index in [0.717, 1.165) is 25.9 Å². The van der Waals surface area contributed by atoms with Gasteiger partial charge in [0.25, 0.3) is 10.0 Å². The zero-order chi connectivity index (χ0) is 11.9. The zero-order valence-electron chi connectivity index (χ0n) is 9.46. The van der Waals surface area contributed by atoms with Crippen molar-refractivity contribution in [2.75, 3.05) is 13.1 Å². The summed E-state index contributed by atoms with van der Waals surface area (Å²) in [6.07, 6.45) is 4.62. The van der Waals surface area contributed by atoms with Gasteiger partial charge in [0, 0.05) is 18.6 Å². The monoisotopic (exact) mass is 256 g/mol. The SMILES string of the molecule is O=S(=O)(NC1CCN2CCCC12)c1ccn[nH]1. The van der Waals surface area contributed by atoms with Crippen LogP contribution in [0.4, 0.5) is 0 Å². The molecule has 7 heteroatoms. The van der Waals surface area contributed by atoms with Crippen molar-refractivity contribution in [3.8, 4) is 0 Å². The highest BCUT2D eigenvalue weighted by Crippen LogP contribution is 2.28. The lowest BCUT2D eigenvalue weighted by atomic mass is 10.1. The fourth-order valence-electron chi connectivity index (χ4n) is 2.88. The Morgan fingerprint density at radius 2 is 2.29 bits per heavy atom. The molecular formula is C10H16N4O2S. The van der Waals surface area contributed by atoms with E-state index < -0.39 is 10.0 Å². The van der Waals surface area contributed by atoms with Crippen molar-refractivity contribution >= 4 is 10.0 Å². The summed E-state index contributed by atoms with van der Waals surface area (Å²) >= 11 is 0. The molecule has 2 atom stereocenters. The van der Waals surface area contributed by atoms with Crippen molar-refractivity contribution in [3.63, 3.8) is 0 Å². The Labute approximate surface area is 100 Å². The third-order valence-corrected chi connectivity index (χ3v) is 5.10. The highest BCUT2D eigenvalue weighted by atomic mass is 32.2. The molecule has 1 aromatic heterocycles. The second-order valence-corrected chi connectivity index (χ2v) is 6.37. The van der Waals surface area contributed by atoms with E-state index >= 15 is 0 Å². The van der Waals surface area contributed by atoms with Crippen molar-refractivity contribution in [2.45, 2.75) is 36.4 Å². The lowest BCUT2D eigenvalue weighted by molar-refractivity contribution is 0.309. The lowest BCUT2D eigenvalue weighted by Crippen LogP contribution is -2.42. The molecule has 0 aromatic carbocycles. The van der Waals surface area contributed by atoms with E-state index in [4.69, 9.17) is 0 Å². The first kappa shape index (κ1) is 11.2. The van der Waals surface area contributed by atoms with Crippen molar-refractivity contribution < 1.29 is 8.42 Å². The van der Waals surface area contributed by atoms with Gasteiger partial charge in [-0.05, 0) is 31.9 Å². The van der Waals surface area contributed by atoms with Gasteiger partial charge in [-0.3, -0.25) is 10.00 Å². The van der Waals surface area contributed by atoms with Crippen LogP contribution in [0.3, 0.4) is 0 Å². The molecule has 1 aromatic rings. The number of rotatable bonds is 3. The van der Waals surface area contributed by atoms with Gasteiger partial charge in [0.2, 0.25) is 0 Å². The first-order chi connectivity index (χ1) is 8.17. The molecule has 0 saturated carbocycles. The Hall–Kier alpha value is -0.920. The Bertz CT molecular complexity index is 484. The number of aromatic amines is 1. The quantitative estimate of drug-likeness (QED) is 0.793. The van der Waals surface area contributed by atoms with Crippen LogP contribution in [0.2, 0.25) is 0 Å². The molecule has 0 bridgehead atoms. The predicted octanol–water partition coefficient (Wildman–Crippen LogP) is -0.0753. The molecule has 0 spiro atoms. The fourth-order valence-corrected chi connectivity index (χ4v) is 4.09. The van der Waals surface area contributed by atoms with Gasteiger partial charge in [-0.2, -0.15) is 5.10 Å². The molecule has 2 unspecified atom stereocenters. The van der Waals surface area contributed by atoms with E-state index in [1.165, 1.54) is 18.7 Å². The van der Waals surface area contributed by atoms with Crippen LogP contribution in [0, 0.1) is 0 Å². The molecule has 2 aliphatic heterocycles. The van der Waals surface area contributed by atoms with E-state index in [0.29, 0.717) is 6.04 Å². The average molecular weight is 256 g/mol. The summed E-state index contributed by atoms with van der Waals surface area (Å²) in [5.74, 6) is 0. The van der Waals surface area contributed by atoms with Crippen LogP contribution in [0.15, 0.2) is 17.3 Å². The predicted molar refractivity (Wildman–Crippen MR) is 61.9 cm³/mol. The third kappa shape index (κ3) is 1.98. The topological polar surface area (TPSA) is 78.1 Å². The molecule has 3 heterocycles. The van der Waals surface area contributed by atoms with Crippen LogP contribution in [0.25, 0.3) is 0 Å². The van der Waals surface area contributed by atoms with Crippen molar-refractivity contribution in [1.29, 1.82) is 0 Å². The molecule has 3 rings (SSSR count). The normalized spacial score (nSPS) is 29.6. The van der Waals surface area contributed by atoms with Crippen LogP contribution in [-0.2, 0) is 10.0 Å². The number of fused-ring (bicyclic) bond motifs is 1. The number of hydrogen-bond acceptors (Lipinski definition) is 4. The van der Waals surface area contributed by atoms with Gasteiger partial charge in [0.15, 0.2) is 5.03 Å². The maximum Gasteiger partial charge on any atom is 0.257 e.